The third-order valence-corrected chi connectivity index (χ3v) is 2.05. The van der Waals surface area contributed by atoms with Gasteiger partial charge in [-0.05, 0) is 12.1 Å². The first-order valence-corrected chi connectivity index (χ1v) is 5.56. The molecule has 0 aliphatic rings. The van der Waals surface area contributed by atoms with Crippen molar-refractivity contribution in [2.45, 2.75) is 26.5 Å². The number of ether oxygens (including phenoxy) is 1. The quantitative estimate of drug-likeness (QED) is 0.822. The first-order valence-electron chi connectivity index (χ1n) is 5.56. The zero-order valence-electron chi connectivity index (χ0n) is 10.2. The van der Waals surface area contributed by atoms with Crippen LogP contribution in [-0.4, -0.2) is 25.1 Å². The summed E-state index contributed by atoms with van der Waals surface area (Å²) < 4.78 is 28.6. The lowest BCUT2D eigenvalue weighted by Crippen LogP contribution is -2.32. The highest BCUT2D eigenvalue weighted by Crippen LogP contribution is 2.25. The lowest BCUT2D eigenvalue weighted by Gasteiger charge is -2.12. The van der Waals surface area contributed by atoms with E-state index in [0.717, 1.165) is 0 Å². The van der Waals surface area contributed by atoms with Crippen LogP contribution in [0.1, 0.15) is 13.8 Å². The van der Waals surface area contributed by atoms with Crippen molar-refractivity contribution in [2.24, 2.45) is 0 Å². The second-order valence-corrected chi connectivity index (χ2v) is 3.96. The minimum atomic E-state index is -2.92. The highest BCUT2D eigenvalue weighted by molar-refractivity contribution is 5.93. The van der Waals surface area contributed by atoms with E-state index in [1.54, 1.807) is 12.1 Å². The van der Waals surface area contributed by atoms with Gasteiger partial charge in [0.15, 0.2) is 0 Å². The van der Waals surface area contributed by atoms with Crippen molar-refractivity contribution < 1.29 is 18.3 Å². The maximum Gasteiger partial charge on any atom is 0.387 e. The van der Waals surface area contributed by atoms with Crippen LogP contribution in [0.25, 0.3) is 0 Å². The number of rotatable bonds is 6. The third kappa shape index (κ3) is 5.09. The molecule has 0 spiro atoms. The van der Waals surface area contributed by atoms with Gasteiger partial charge >= 0.3 is 6.61 Å². The molecule has 0 saturated carbocycles. The molecule has 1 amide bonds. The number of anilines is 1. The average Bonchev–Trinajstić information content (AvgIpc) is 2.28. The van der Waals surface area contributed by atoms with E-state index in [1.807, 2.05) is 13.8 Å². The van der Waals surface area contributed by atoms with Crippen molar-refractivity contribution in [1.29, 1.82) is 0 Å². The lowest BCUT2D eigenvalue weighted by atomic mass is 10.3. The second kappa shape index (κ2) is 6.90. The SMILES string of the molecule is CC(C)NCC(=O)Nc1ccccc1OC(F)F. The molecule has 6 heteroatoms. The number of hydrogen-bond acceptors (Lipinski definition) is 3. The number of para-hydroxylation sites is 2. The third-order valence-electron chi connectivity index (χ3n) is 2.05. The molecule has 0 saturated heterocycles. The van der Waals surface area contributed by atoms with Crippen molar-refractivity contribution in [1.82, 2.24) is 5.32 Å². The molecule has 0 radical (unpaired) electrons. The maximum absolute atomic E-state index is 12.1. The van der Waals surface area contributed by atoms with Crippen LogP contribution >= 0.6 is 0 Å². The van der Waals surface area contributed by atoms with Crippen LogP contribution < -0.4 is 15.4 Å². The molecule has 1 aromatic rings. The first kappa shape index (κ1) is 14.4. The van der Waals surface area contributed by atoms with Gasteiger partial charge in [0.2, 0.25) is 5.91 Å². The Morgan fingerprint density at radius 1 is 1.33 bits per heavy atom. The fourth-order valence-corrected chi connectivity index (χ4v) is 1.26. The molecule has 0 fully saturated rings. The fourth-order valence-electron chi connectivity index (χ4n) is 1.26. The van der Waals surface area contributed by atoms with E-state index < -0.39 is 6.61 Å². The second-order valence-electron chi connectivity index (χ2n) is 3.96. The molecule has 0 bridgehead atoms. The zero-order chi connectivity index (χ0) is 13.5. The van der Waals surface area contributed by atoms with Crippen LogP contribution in [0.4, 0.5) is 14.5 Å². The molecule has 100 valence electrons. The molecule has 0 aliphatic heterocycles. The van der Waals surface area contributed by atoms with Gasteiger partial charge in [0.05, 0.1) is 12.2 Å². The minimum absolute atomic E-state index is 0.0506. The van der Waals surface area contributed by atoms with Gasteiger partial charge in [-0.25, -0.2) is 0 Å². The van der Waals surface area contributed by atoms with Gasteiger partial charge in [0.1, 0.15) is 5.75 Å². The number of carbonyl (C=O) groups is 1. The van der Waals surface area contributed by atoms with Crippen molar-refractivity contribution in [2.75, 3.05) is 11.9 Å². The normalized spacial score (nSPS) is 10.8. The summed E-state index contributed by atoms with van der Waals surface area (Å²) in [6.07, 6.45) is 0. The molecule has 0 unspecified atom stereocenters. The number of halogens is 2. The van der Waals surface area contributed by atoms with Gasteiger partial charge in [-0.15, -0.1) is 0 Å². The predicted molar refractivity (Wildman–Crippen MR) is 64.8 cm³/mol. The molecule has 0 aromatic heterocycles. The summed E-state index contributed by atoms with van der Waals surface area (Å²) in [6.45, 7) is 1.000. The van der Waals surface area contributed by atoms with Crippen molar-refractivity contribution in [3.63, 3.8) is 0 Å². The van der Waals surface area contributed by atoms with Crippen LogP contribution in [0.15, 0.2) is 24.3 Å². The summed E-state index contributed by atoms with van der Waals surface area (Å²) in [5, 5.41) is 5.44. The van der Waals surface area contributed by atoms with E-state index in [1.165, 1.54) is 12.1 Å². The molecule has 18 heavy (non-hydrogen) atoms. The van der Waals surface area contributed by atoms with E-state index in [9.17, 15) is 13.6 Å². The van der Waals surface area contributed by atoms with Crippen molar-refractivity contribution in [3.8, 4) is 5.75 Å². The number of hydrogen-bond donors (Lipinski definition) is 2. The minimum Gasteiger partial charge on any atom is -0.433 e. The van der Waals surface area contributed by atoms with Crippen molar-refractivity contribution >= 4 is 11.6 Å². The Hall–Kier alpha value is -1.69. The Morgan fingerprint density at radius 3 is 2.61 bits per heavy atom. The molecule has 4 nitrogen and oxygen atoms in total. The lowest BCUT2D eigenvalue weighted by molar-refractivity contribution is -0.115. The molecule has 0 aliphatic carbocycles. The summed E-state index contributed by atoms with van der Waals surface area (Å²) in [7, 11) is 0. The average molecular weight is 258 g/mol. The molecule has 2 N–H and O–H groups in total. The number of amides is 1. The van der Waals surface area contributed by atoms with E-state index >= 15 is 0 Å². The number of benzene rings is 1. The van der Waals surface area contributed by atoms with Crippen LogP contribution in [0.5, 0.6) is 5.75 Å². The van der Waals surface area contributed by atoms with Crippen LogP contribution in [0.2, 0.25) is 0 Å². The molecule has 0 heterocycles. The van der Waals surface area contributed by atoms with E-state index in [0.29, 0.717) is 0 Å². The molecule has 1 rings (SSSR count). The summed E-state index contributed by atoms with van der Waals surface area (Å²) >= 11 is 0. The molecule has 1 aromatic carbocycles. The monoisotopic (exact) mass is 258 g/mol. The largest absolute Gasteiger partial charge is 0.433 e. The van der Waals surface area contributed by atoms with E-state index in [-0.39, 0.29) is 29.9 Å². The standard InChI is InChI=1S/C12H16F2N2O2/c1-8(2)15-7-11(17)16-9-5-3-4-6-10(9)18-12(13)14/h3-6,8,12,15H,7H2,1-2H3,(H,16,17). The van der Waals surface area contributed by atoms with Gasteiger partial charge in [0, 0.05) is 6.04 Å². The van der Waals surface area contributed by atoms with Crippen LogP contribution in [0, 0.1) is 0 Å². The highest BCUT2D eigenvalue weighted by atomic mass is 19.3. The van der Waals surface area contributed by atoms with Crippen molar-refractivity contribution in [3.05, 3.63) is 24.3 Å². The topological polar surface area (TPSA) is 50.4 Å². The van der Waals surface area contributed by atoms with Crippen LogP contribution in [0.3, 0.4) is 0 Å². The first-order chi connectivity index (χ1) is 8.49. The number of carbonyl (C=O) groups excluding carboxylic acids is 1. The highest BCUT2D eigenvalue weighted by Gasteiger charge is 2.11. The molecule has 0 atom stereocenters. The maximum atomic E-state index is 12.1. The Kier molecular flexibility index (Phi) is 5.51. The van der Waals surface area contributed by atoms with Gasteiger partial charge in [-0.1, -0.05) is 26.0 Å². The Morgan fingerprint density at radius 2 is 2.00 bits per heavy atom. The van der Waals surface area contributed by atoms with Gasteiger partial charge in [-0.2, -0.15) is 8.78 Å². The van der Waals surface area contributed by atoms with Gasteiger partial charge < -0.3 is 15.4 Å². The Balaban J connectivity index is 2.63. The van der Waals surface area contributed by atoms with Gasteiger partial charge in [-0.3, -0.25) is 4.79 Å². The van der Waals surface area contributed by atoms with Crippen LogP contribution in [-0.2, 0) is 4.79 Å². The predicted octanol–water partition coefficient (Wildman–Crippen LogP) is 2.22. The summed E-state index contributed by atoms with van der Waals surface area (Å²) in [5.74, 6) is -0.362. The summed E-state index contributed by atoms with van der Waals surface area (Å²) in [5.41, 5.74) is 0.230. The van der Waals surface area contributed by atoms with E-state index in [2.05, 4.69) is 15.4 Å². The number of alkyl halides is 2. The Labute approximate surface area is 104 Å². The zero-order valence-corrected chi connectivity index (χ0v) is 10.2. The molecular formula is C12H16F2N2O2. The Bertz CT molecular complexity index is 397. The number of nitrogens with one attached hydrogen (secondary N) is 2. The fraction of sp³-hybridized carbons (Fsp3) is 0.417. The van der Waals surface area contributed by atoms with Gasteiger partial charge in [0.25, 0.3) is 0 Å². The molecular weight excluding hydrogens is 242 g/mol. The smallest absolute Gasteiger partial charge is 0.387 e. The van der Waals surface area contributed by atoms with E-state index in [4.69, 9.17) is 0 Å². The summed E-state index contributed by atoms with van der Waals surface area (Å²) in [4.78, 5) is 11.5. The summed E-state index contributed by atoms with van der Waals surface area (Å²) in [6, 6.07) is 6.23.